The molecule has 0 radical (unpaired) electrons. The molecule has 0 aliphatic heterocycles. The Morgan fingerprint density at radius 3 is 2.61 bits per heavy atom. The van der Waals surface area contributed by atoms with Crippen molar-refractivity contribution in [3.05, 3.63) is 33.6 Å². The van der Waals surface area contributed by atoms with Gasteiger partial charge in [0, 0.05) is 10.9 Å². The number of hydrogen-bond donors (Lipinski definition) is 1. The van der Waals surface area contributed by atoms with Gasteiger partial charge in [0.1, 0.15) is 10.8 Å². The molecule has 0 fully saturated rings. The molecule has 0 aliphatic carbocycles. The Morgan fingerprint density at radius 2 is 2.06 bits per heavy atom. The van der Waals surface area contributed by atoms with Gasteiger partial charge in [0.05, 0.1) is 18.8 Å². The molecule has 1 unspecified atom stereocenters. The Labute approximate surface area is 112 Å². The van der Waals surface area contributed by atoms with Crippen molar-refractivity contribution in [2.75, 3.05) is 7.11 Å². The van der Waals surface area contributed by atoms with E-state index in [1.807, 2.05) is 18.4 Å². The molecule has 2 N–H and O–H groups in total. The van der Waals surface area contributed by atoms with Gasteiger partial charge in [0.15, 0.2) is 0 Å². The summed E-state index contributed by atoms with van der Waals surface area (Å²) in [5, 5.41) is 2.99. The zero-order chi connectivity index (χ0) is 13.3. The third-order valence-electron chi connectivity index (χ3n) is 2.83. The maximum atomic E-state index is 5.85. The minimum atomic E-state index is -0.0273. The average Bonchev–Trinajstić information content (AvgIpc) is 2.77. The maximum Gasteiger partial charge on any atom is 0.128 e. The van der Waals surface area contributed by atoms with Crippen LogP contribution in [0.15, 0.2) is 17.5 Å². The Bertz CT molecular complexity index is 561. The second-order valence-electron chi connectivity index (χ2n) is 4.52. The second kappa shape index (κ2) is 5.08. The van der Waals surface area contributed by atoms with Gasteiger partial charge in [0.2, 0.25) is 0 Å². The first-order chi connectivity index (χ1) is 8.52. The molecular formula is C14H18N2OS. The molecule has 4 heteroatoms. The van der Waals surface area contributed by atoms with Crippen LogP contribution in [0.4, 0.5) is 0 Å². The number of ether oxygens (including phenoxy) is 1. The smallest absolute Gasteiger partial charge is 0.128 e. The Balaban J connectivity index is 2.55. The van der Waals surface area contributed by atoms with Gasteiger partial charge in [-0.05, 0) is 38.0 Å². The van der Waals surface area contributed by atoms with Gasteiger partial charge in [-0.2, -0.15) is 0 Å². The minimum absolute atomic E-state index is 0.0273. The molecule has 1 heterocycles. The second-order valence-corrected chi connectivity index (χ2v) is 5.41. The molecule has 96 valence electrons. The number of methoxy groups -OCH3 is 1. The van der Waals surface area contributed by atoms with Crippen molar-refractivity contribution in [3.63, 3.8) is 0 Å². The van der Waals surface area contributed by atoms with Crippen LogP contribution in [0, 0.1) is 13.8 Å². The molecule has 2 aromatic rings. The summed E-state index contributed by atoms with van der Waals surface area (Å²) in [6.07, 6.45) is 0. The lowest BCUT2D eigenvalue weighted by Gasteiger charge is -2.11. The molecule has 1 aromatic heterocycles. The van der Waals surface area contributed by atoms with E-state index in [0.717, 1.165) is 22.0 Å². The molecule has 0 saturated carbocycles. The van der Waals surface area contributed by atoms with Crippen LogP contribution in [-0.4, -0.2) is 12.1 Å². The molecule has 2 rings (SSSR count). The van der Waals surface area contributed by atoms with Crippen molar-refractivity contribution >= 4 is 11.3 Å². The first kappa shape index (κ1) is 13.1. The fourth-order valence-corrected chi connectivity index (χ4v) is 2.80. The average molecular weight is 262 g/mol. The van der Waals surface area contributed by atoms with E-state index in [2.05, 4.69) is 24.9 Å². The van der Waals surface area contributed by atoms with E-state index in [-0.39, 0.29) is 6.04 Å². The predicted octanol–water partition coefficient (Wildman–Crippen LogP) is 3.46. The highest BCUT2D eigenvalue weighted by Crippen LogP contribution is 2.35. The lowest BCUT2D eigenvalue weighted by atomic mass is 10.0. The van der Waals surface area contributed by atoms with E-state index in [4.69, 9.17) is 10.5 Å². The summed E-state index contributed by atoms with van der Waals surface area (Å²) in [5.74, 6) is 0.869. The number of benzene rings is 1. The number of aryl methyl sites for hydroxylation is 2. The number of rotatable bonds is 3. The summed E-state index contributed by atoms with van der Waals surface area (Å²) in [7, 11) is 1.69. The van der Waals surface area contributed by atoms with E-state index in [9.17, 15) is 0 Å². The first-order valence-corrected chi connectivity index (χ1v) is 6.77. The highest BCUT2D eigenvalue weighted by Gasteiger charge is 2.14. The van der Waals surface area contributed by atoms with E-state index in [0.29, 0.717) is 0 Å². The van der Waals surface area contributed by atoms with E-state index in [1.165, 1.54) is 11.1 Å². The van der Waals surface area contributed by atoms with Gasteiger partial charge >= 0.3 is 0 Å². The van der Waals surface area contributed by atoms with Crippen LogP contribution in [0.3, 0.4) is 0 Å². The van der Waals surface area contributed by atoms with Crippen molar-refractivity contribution in [1.82, 2.24) is 4.98 Å². The van der Waals surface area contributed by atoms with Crippen LogP contribution in [0.25, 0.3) is 11.3 Å². The predicted molar refractivity (Wildman–Crippen MR) is 76.2 cm³/mol. The Morgan fingerprint density at radius 1 is 1.33 bits per heavy atom. The summed E-state index contributed by atoms with van der Waals surface area (Å²) < 4.78 is 5.46. The molecular weight excluding hydrogens is 244 g/mol. The van der Waals surface area contributed by atoms with Crippen molar-refractivity contribution in [2.24, 2.45) is 5.73 Å². The number of nitrogens with zero attached hydrogens (tertiary/aromatic N) is 1. The highest BCUT2D eigenvalue weighted by atomic mass is 32.1. The summed E-state index contributed by atoms with van der Waals surface area (Å²) in [6.45, 7) is 6.09. The van der Waals surface area contributed by atoms with Gasteiger partial charge in [0.25, 0.3) is 0 Å². The molecule has 0 spiro atoms. The zero-order valence-corrected chi connectivity index (χ0v) is 12.0. The fourth-order valence-electron chi connectivity index (χ4n) is 2.03. The number of nitrogens with two attached hydrogens (primary N) is 1. The van der Waals surface area contributed by atoms with E-state index in [1.54, 1.807) is 18.4 Å². The molecule has 18 heavy (non-hydrogen) atoms. The molecule has 0 amide bonds. The van der Waals surface area contributed by atoms with Crippen molar-refractivity contribution in [3.8, 4) is 17.0 Å². The minimum Gasteiger partial charge on any atom is -0.496 e. The topological polar surface area (TPSA) is 48.1 Å². The normalized spacial score (nSPS) is 12.5. The first-order valence-electron chi connectivity index (χ1n) is 5.89. The van der Waals surface area contributed by atoms with Crippen LogP contribution in [0.5, 0.6) is 5.75 Å². The zero-order valence-electron chi connectivity index (χ0n) is 11.2. The lowest BCUT2D eigenvalue weighted by molar-refractivity contribution is 0.415. The lowest BCUT2D eigenvalue weighted by Crippen LogP contribution is -2.04. The van der Waals surface area contributed by atoms with Crippen LogP contribution < -0.4 is 10.5 Å². The number of hydrogen-bond acceptors (Lipinski definition) is 4. The van der Waals surface area contributed by atoms with E-state index < -0.39 is 0 Å². The number of aromatic nitrogens is 1. The summed E-state index contributed by atoms with van der Waals surface area (Å²) in [5.41, 5.74) is 10.2. The van der Waals surface area contributed by atoms with Gasteiger partial charge in [-0.15, -0.1) is 11.3 Å². The van der Waals surface area contributed by atoms with E-state index >= 15 is 0 Å². The van der Waals surface area contributed by atoms with Crippen LogP contribution >= 0.6 is 11.3 Å². The van der Waals surface area contributed by atoms with Crippen molar-refractivity contribution in [1.29, 1.82) is 0 Å². The van der Waals surface area contributed by atoms with Gasteiger partial charge < -0.3 is 10.5 Å². The Kier molecular flexibility index (Phi) is 3.68. The monoisotopic (exact) mass is 262 g/mol. The third kappa shape index (κ3) is 2.40. The van der Waals surface area contributed by atoms with Gasteiger partial charge in [-0.1, -0.05) is 6.07 Å². The third-order valence-corrected chi connectivity index (χ3v) is 3.88. The summed E-state index contributed by atoms with van der Waals surface area (Å²) in [4.78, 5) is 4.59. The standard InChI is InChI=1S/C14H18N2OS/c1-8-5-9(2)13(12(6-8)17-4)11-7-18-14(16-11)10(3)15/h5-7,10H,15H2,1-4H3. The molecule has 0 bridgehead atoms. The SMILES string of the molecule is COc1cc(C)cc(C)c1-c1csc(C(C)N)n1. The largest absolute Gasteiger partial charge is 0.496 e. The molecule has 1 aromatic carbocycles. The quantitative estimate of drug-likeness (QED) is 0.921. The molecule has 1 atom stereocenters. The summed E-state index contributed by atoms with van der Waals surface area (Å²) in [6, 6.07) is 4.15. The fraction of sp³-hybridized carbons (Fsp3) is 0.357. The van der Waals surface area contributed by atoms with Gasteiger partial charge in [-0.3, -0.25) is 0 Å². The number of thiazole rings is 1. The maximum absolute atomic E-state index is 5.85. The van der Waals surface area contributed by atoms with Crippen molar-refractivity contribution < 1.29 is 4.74 Å². The molecule has 3 nitrogen and oxygen atoms in total. The molecule has 0 saturated heterocycles. The summed E-state index contributed by atoms with van der Waals surface area (Å²) >= 11 is 1.59. The highest BCUT2D eigenvalue weighted by molar-refractivity contribution is 7.10. The van der Waals surface area contributed by atoms with Gasteiger partial charge in [-0.25, -0.2) is 4.98 Å². The van der Waals surface area contributed by atoms with Crippen LogP contribution in [0.1, 0.15) is 29.1 Å². The van der Waals surface area contributed by atoms with Crippen molar-refractivity contribution in [2.45, 2.75) is 26.8 Å². The molecule has 0 aliphatic rings. The Hall–Kier alpha value is -1.39. The van der Waals surface area contributed by atoms with Crippen LogP contribution in [-0.2, 0) is 0 Å². The van der Waals surface area contributed by atoms with Crippen LogP contribution in [0.2, 0.25) is 0 Å².